The number of halogens is 3. The Hall–Kier alpha value is -2.84. The molecule has 1 heterocycles. The molecule has 2 amide bonds. The molecule has 0 saturated heterocycles. The van der Waals surface area contributed by atoms with Gasteiger partial charge in [-0.15, -0.1) is 0 Å². The molecule has 0 aliphatic carbocycles. The molecule has 8 nitrogen and oxygen atoms in total. The Bertz CT molecular complexity index is 1040. The number of carbonyl (C=O) groups is 2. The monoisotopic (exact) mass is 464 g/mol. The van der Waals surface area contributed by atoms with Crippen LogP contribution in [0.5, 0.6) is 0 Å². The van der Waals surface area contributed by atoms with Crippen LogP contribution in [0.3, 0.4) is 0 Å². The summed E-state index contributed by atoms with van der Waals surface area (Å²) in [5.74, 6) is -1.94. The first-order valence-corrected chi connectivity index (χ1v) is 10.2. The molecule has 3 N–H and O–H groups in total. The summed E-state index contributed by atoms with van der Waals surface area (Å²) in [6.45, 7) is 0.498. The molecule has 2 atom stereocenters. The molecule has 3 rings (SSSR count). The largest absolute Gasteiger partial charge is 0.343 e. The van der Waals surface area contributed by atoms with Gasteiger partial charge < -0.3 is 16.0 Å². The van der Waals surface area contributed by atoms with E-state index < -0.39 is 23.8 Å². The molecule has 11 heteroatoms. The summed E-state index contributed by atoms with van der Waals surface area (Å²) in [4.78, 5) is 28.2. The zero-order valence-corrected chi connectivity index (χ0v) is 17.8. The first kappa shape index (κ1) is 22.8. The predicted octanol–water partition coefficient (Wildman–Crippen LogP) is 3.97. The van der Waals surface area contributed by atoms with E-state index >= 15 is 0 Å². The highest BCUT2D eigenvalue weighted by molar-refractivity contribution is 6.42. The second-order valence-corrected chi connectivity index (χ2v) is 7.71. The highest BCUT2D eigenvalue weighted by Gasteiger charge is 2.28. The third-order valence-corrected chi connectivity index (χ3v) is 5.69. The summed E-state index contributed by atoms with van der Waals surface area (Å²) in [6, 6.07) is 8.80. The van der Waals surface area contributed by atoms with Crippen molar-refractivity contribution in [2.24, 2.45) is 5.11 Å². The summed E-state index contributed by atoms with van der Waals surface area (Å²) in [6.07, 6.45) is 0.502. The van der Waals surface area contributed by atoms with Crippen molar-refractivity contribution in [2.45, 2.75) is 31.5 Å². The third kappa shape index (κ3) is 5.65. The van der Waals surface area contributed by atoms with E-state index in [4.69, 9.17) is 28.7 Å². The van der Waals surface area contributed by atoms with E-state index in [1.807, 2.05) is 24.3 Å². The number of benzene rings is 2. The van der Waals surface area contributed by atoms with Gasteiger partial charge in [0.25, 0.3) is 0 Å². The highest BCUT2D eigenvalue weighted by Crippen LogP contribution is 2.30. The molecule has 31 heavy (non-hydrogen) atoms. The molecular weight excluding hydrogens is 446 g/mol. The van der Waals surface area contributed by atoms with Crippen molar-refractivity contribution < 1.29 is 14.0 Å². The van der Waals surface area contributed by atoms with Crippen LogP contribution < -0.4 is 16.0 Å². The van der Waals surface area contributed by atoms with Gasteiger partial charge in [-0.1, -0.05) is 52.6 Å². The lowest BCUT2D eigenvalue weighted by atomic mass is 9.95. The number of carbonyl (C=O) groups excluding carboxylic acids is 2. The van der Waals surface area contributed by atoms with Crippen molar-refractivity contribution in [1.29, 1.82) is 0 Å². The van der Waals surface area contributed by atoms with Crippen LogP contribution in [0.15, 0.2) is 41.5 Å². The van der Waals surface area contributed by atoms with Gasteiger partial charge in [-0.05, 0) is 41.6 Å². The fraction of sp³-hybridized carbons (Fsp3) is 0.300. The first-order chi connectivity index (χ1) is 14.9. The summed E-state index contributed by atoms with van der Waals surface area (Å²) in [5.41, 5.74) is 10.5. The Morgan fingerprint density at radius 3 is 2.74 bits per heavy atom. The average molecular weight is 465 g/mol. The maximum absolute atomic E-state index is 14.3. The summed E-state index contributed by atoms with van der Waals surface area (Å²) >= 11 is 11.5. The van der Waals surface area contributed by atoms with Gasteiger partial charge in [-0.25, -0.2) is 4.39 Å². The smallest absolute Gasteiger partial charge is 0.247 e. The minimum Gasteiger partial charge on any atom is -0.343 e. The van der Waals surface area contributed by atoms with Gasteiger partial charge in [0.2, 0.25) is 11.8 Å². The molecule has 0 spiro atoms. The Morgan fingerprint density at radius 2 is 2.00 bits per heavy atom. The number of amides is 2. The zero-order valence-electron chi connectivity index (χ0n) is 16.2. The summed E-state index contributed by atoms with van der Waals surface area (Å²) in [7, 11) is 0. The second-order valence-electron chi connectivity index (χ2n) is 6.92. The number of fused-ring (bicyclic) bond motifs is 1. The van der Waals surface area contributed by atoms with Crippen LogP contribution in [0.2, 0.25) is 10.0 Å². The van der Waals surface area contributed by atoms with Crippen molar-refractivity contribution in [3.05, 3.63) is 73.8 Å². The molecule has 1 aliphatic rings. The molecule has 2 unspecified atom stereocenters. The van der Waals surface area contributed by atoms with Gasteiger partial charge in [0.1, 0.15) is 6.04 Å². The van der Waals surface area contributed by atoms with E-state index in [0.717, 1.165) is 11.1 Å². The van der Waals surface area contributed by atoms with Crippen molar-refractivity contribution in [3.63, 3.8) is 0 Å². The van der Waals surface area contributed by atoms with Gasteiger partial charge >= 0.3 is 0 Å². The maximum Gasteiger partial charge on any atom is 0.247 e. The summed E-state index contributed by atoms with van der Waals surface area (Å²) < 4.78 is 14.3. The number of hydrogen-bond donors (Lipinski definition) is 3. The summed E-state index contributed by atoms with van der Waals surface area (Å²) in [5, 5.41) is 11.3. The molecule has 0 fully saturated rings. The van der Waals surface area contributed by atoms with Gasteiger partial charge in [-0.2, -0.15) is 0 Å². The molecule has 162 valence electrons. The number of nitrogens with one attached hydrogen (secondary N) is 3. The minimum absolute atomic E-state index is 0.00836. The average Bonchev–Trinajstić information content (AvgIpc) is 2.78. The highest BCUT2D eigenvalue weighted by atomic mass is 35.5. The Balaban J connectivity index is 1.71. The maximum atomic E-state index is 14.3. The van der Waals surface area contributed by atoms with Crippen LogP contribution in [0, 0.1) is 5.82 Å². The Kier molecular flexibility index (Phi) is 7.70. The number of rotatable bonds is 7. The van der Waals surface area contributed by atoms with Crippen LogP contribution in [-0.2, 0) is 22.6 Å². The van der Waals surface area contributed by atoms with Crippen molar-refractivity contribution in [1.82, 2.24) is 10.6 Å². The molecule has 2 aromatic rings. The normalized spacial score (nSPS) is 15.9. The minimum atomic E-state index is -1.05. The number of hydrogen-bond acceptors (Lipinski definition) is 4. The lowest BCUT2D eigenvalue weighted by molar-refractivity contribution is -0.128. The molecule has 0 radical (unpaired) electrons. The van der Waals surface area contributed by atoms with E-state index in [1.54, 1.807) is 0 Å². The van der Waals surface area contributed by atoms with E-state index in [9.17, 15) is 14.0 Å². The molecule has 0 bridgehead atoms. The van der Waals surface area contributed by atoms with Crippen LogP contribution in [0.1, 0.15) is 17.5 Å². The quantitative estimate of drug-likeness (QED) is 0.248. The molecule has 2 aromatic carbocycles. The molecule has 1 aliphatic heterocycles. The van der Waals surface area contributed by atoms with Crippen molar-refractivity contribution in [2.75, 3.05) is 11.9 Å². The molecular formula is C20H19Cl2FN6O2. The standard InChI is InChI=1S/C20H19Cl2FN6O2/c21-13-5-6-14(18(23)17(13)22)27-19(30)15(7-8-26-29-24)28-20(31)16-9-11-3-1-2-4-12(11)10-25-16/h1-6,15-16,25H,7-10H2,(H,27,30)(H,28,31). The number of anilines is 1. The number of nitrogens with zero attached hydrogens (tertiary/aromatic N) is 3. The molecule has 0 aromatic heterocycles. The predicted molar refractivity (Wildman–Crippen MR) is 116 cm³/mol. The Labute approximate surface area is 187 Å². The zero-order chi connectivity index (χ0) is 22.4. The lowest BCUT2D eigenvalue weighted by Gasteiger charge is -2.27. The Morgan fingerprint density at radius 1 is 1.26 bits per heavy atom. The topological polar surface area (TPSA) is 119 Å². The van der Waals surface area contributed by atoms with E-state index in [0.29, 0.717) is 13.0 Å². The molecule has 0 saturated carbocycles. The third-order valence-electron chi connectivity index (χ3n) is 4.90. The van der Waals surface area contributed by atoms with Crippen LogP contribution in [0.4, 0.5) is 10.1 Å². The van der Waals surface area contributed by atoms with E-state index in [2.05, 4.69) is 26.0 Å². The lowest BCUT2D eigenvalue weighted by Crippen LogP contribution is -2.53. The van der Waals surface area contributed by atoms with Gasteiger partial charge in [0.05, 0.1) is 21.8 Å². The van der Waals surface area contributed by atoms with Crippen molar-refractivity contribution >= 4 is 40.7 Å². The van der Waals surface area contributed by atoms with Crippen molar-refractivity contribution in [3.8, 4) is 0 Å². The van der Waals surface area contributed by atoms with E-state index in [1.165, 1.54) is 12.1 Å². The first-order valence-electron chi connectivity index (χ1n) is 9.46. The fourth-order valence-corrected chi connectivity index (χ4v) is 3.57. The number of azide groups is 1. The van der Waals surface area contributed by atoms with E-state index in [-0.39, 0.29) is 34.6 Å². The van der Waals surface area contributed by atoms with Gasteiger partial charge in [0, 0.05) is 18.0 Å². The van der Waals surface area contributed by atoms with Crippen LogP contribution in [0.25, 0.3) is 10.4 Å². The van der Waals surface area contributed by atoms with Gasteiger partial charge in [0.15, 0.2) is 5.82 Å². The SMILES string of the molecule is [N-]=[N+]=NCCC(NC(=O)C1Cc2ccccc2CN1)C(=O)Nc1ccc(Cl)c(Cl)c1F. The van der Waals surface area contributed by atoms with Gasteiger partial charge in [-0.3, -0.25) is 9.59 Å². The fourth-order valence-electron chi connectivity index (χ4n) is 3.25. The van der Waals surface area contributed by atoms with Crippen LogP contribution in [-0.4, -0.2) is 30.4 Å². The second kappa shape index (κ2) is 10.5. The van der Waals surface area contributed by atoms with Crippen LogP contribution >= 0.6 is 23.2 Å².